The molecule has 5 nitrogen and oxygen atoms in total. The summed E-state index contributed by atoms with van der Waals surface area (Å²) in [5, 5.41) is 1.88. The molecule has 0 spiro atoms. The molecule has 1 atom stereocenters. The number of piperidine rings is 1. The molecule has 1 unspecified atom stereocenters. The topological polar surface area (TPSA) is 39.7 Å². The molecule has 0 aliphatic carbocycles. The number of nitrogens with zero attached hydrogens (tertiary/aromatic N) is 4. The van der Waals surface area contributed by atoms with Gasteiger partial charge >= 0.3 is 0 Å². The van der Waals surface area contributed by atoms with E-state index in [1.165, 1.54) is 17.4 Å². The van der Waals surface area contributed by atoms with Crippen molar-refractivity contribution in [3.05, 3.63) is 52.3 Å². The molecule has 2 aromatic carbocycles. The molecular formula is C23H23Cl2FN4OS. The third kappa shape index (κ3) is 4.26. The molecule has 168 valence electrons. The lowest BCUT2D eigenvalue weighted by Gasteiger charge is -2.39. The molecule has 9 heteroatoms. The lowest BCUT2D eigenvalue weighted by Crippen LogP contribution is -2.52. The number of hydrogen-bond acceptors (Lipinski definition) is 5. The van der Waals surface area contributed by atoms with E-state index < -0.39 is 0 Å². The highest BCUT2D eigenvalue weighted by atomic mass is 35.5. The molecule has 2 aliphatic heterocycles. The van der Waals surface area contributed by atoms with Gasteiger partial charge in [0.15, 0.2) is 5.13 Å². The van der Waals surface area contributed by atoms with Gasteiger partial charge in [-0.2, -0.15) is 0 Å². The minimum Gasteiger partial charge on any atom is -0.368 e. The van der Waals surface area contributed by atoms with Crippen molar-refractivity contribution in [2.75, 3.05) is 49.1 Å². The van der Waals surface area contributed by atoms with E-state index >= 15 is 0 Å². The summed E-state index contributed by atoms with van der Waals surface area (Å²) in [7, 11) is 0. The summed E-state index contributed by atoms with van der Waals surface area (Å²) in [5.41, 5.74) is 1.44. The number of amides is 1. The van der Waals surface area contributed by atoms with E-state index in [-0.39, 0.29) is 17.6 Å². The number of aromatic nitrogens is 1. The minimum absolute atomic E-state index is 0.0582. The van der Waals surface area contributed by atoms with E-state index in [2.05, 4.69) is 14.8 Å². The SMILES string of the molecule is O=C(C1CCCN(c2nc3c(F)cccc3s2)C1)N1CCN(c2ccc(Cl)c(Cl)c2)CC1. The molecule has 3 aromatic rings. The van der Waals surface area contributed by atoms with Crippen molar-refractivity contribution in [2.24, 2.45) is 5.92 Å². The first-order valence-electron chi connectivity index (χ1n) is 10.8. The standard InChI is InChI=1S/C23H23Cl2FN4OS/c24-17-7-6-16(13-18(17)25)28-9-11-29(12-10-28)22(31)15-3-2-8-30(14-15)23-27-21-19(26)4-1-5-20(21)32-23/h1,4-7,13,15H,2-3,8-12,14H2. The monoisotopic (exact) mass is 492 g/mol. The van der Waals surface area contributed by atoms with Gasteiger partial charge in [0, 0.05) is 45.0 Å². The van der Waals surface area contributed by atoms with Crippen molar-refractivity contribution in [1.82, 2.24) is 9.88 Å². The van der Waals surface area contributed by atoms with Gasteiger partial charge in [0.2, 0.25) is 5.91 Å². The summed E-state index contributed by atoms with van der Waals surface area (Å²) in [4.78, 5) is 24.1. The molecule has 0 bridgehead atoms. The Morgan fingerprint density at radius 2 is 1.84 bits per heavy atom. The van der Waals surface area contributed by atoms with Crippen LogP contribution < -0.4 is 9.80 Å². The van der Waals surface area contributed by atoms with Gasteiger partial charge in [0.1, 0.15) is 11.3 Å². The van der Waals surface area contributed by atoms with E-state index in [1.54, 1.807) is 12.1 Å². The Balaban J connectivity index is 1.22. The molecule has 1 aromatic heterocycles. The first-order valence-corrected chi connectivity index (χ1v) is 12.4. The highest BCUT2D eigenvalue weighted by molar-refractivity contribution is 7.22. The Hall–Kier alpha value is -2.09. The van der Waals surface area contributed by atoms with Crippen LogP contribution in [0.15, 0.2) is 36.4 Å². The smallest absolute Gasteiger partial charge is 0.227 e. The second kappa shape index (κ2) is 9.04. The number of piperazine rings is 1. The third-order valence-electron chi connectivity index (χ3n) is 6.26. The maximum Gasteiger partial charge on any atom is 0.227 e. The van der Waals surface area contributed by atoms with Crippen molar-refractivity contribution < 1.29 is 9.18 Å². The number of thiazole rings is 1. The molecule has 3 heterocycles. The van der Waals surface area contributed by atoms with Crippen LogP contribution in [0.5, 0.6) is 0 Å². The molecule has 32 heavy (non-hydrogen) atoms. The molecule has 0 saturated carbocycles. The van der Waals surface area contributed by atoms with E-state index in [4.69, 9.17) is 23.2 Å². The van der Waals surface area contributed by atoms with E-state index in [9.17, 15) is 9.18 Å². The third-order valence-corrected chi connectivity index (χ3v) is 8.08. The Bertz CT molecular complexity index is 1150. The van der Waals surface area contributed by atoms with Crippen LogP contribution in [0.1, 0.15) is 12.8 Å². The maximum atomic E-state index is 14.1. The zero-order valence-corrected chi connectivity index (χ0v) is 19.8. The molecular weight excluding hydrogens is 470 g/mol. The molecule has 2 aliphatic rings. The average molecular weight is 493 g/mol. The normalized spacial score (nSPS) is 19.6. The molecule has 0 radical (unpaired) electrons. The predicted octanol–water partition coefficient (Wildman–Crippen LogP) is 5.31. The number of carbonyl (C=O) groups is 1. The van der Waals surface area contributed by atoms with Gasteiger partial charge in [0.05, 0.1) is 20.7 Å². The number of fused-ring (bicyclic) bond motifs is 1. The second-order valence-corrected chi connectivity index (χ2v) is 10.1. The first kappa shape index (κ1) is 21.7. The first-order chi connectivity index (χ1) is 15.5. The lowest BCUT2D eigenvalue weighted by molar-refractivity contribution is -0.136. The average Bonchev–Trinajstić information content (AvgIpc) is 3.27. The fraction of sp³-hybridized carbons (Fsp3) is 0.391. The van der Waals surface area contributed by atoms with Crippen molar-refractivity contribution in [2.45, 2.75) is 12.8 Å². The van der Waals surface area contributed by atoms with Crippen LogP contribution in [-0.2, 0) is 4.79 Å². The Kier molecular flexibility index (Phi) is 6.14. The highest BCUT2D eigenvalue weighted by Gasteiger charge is 2.32. The van der Waals surface area contributed by atoms with Crippen molar-refractivity contribution in [1.29, 1.82) is 0 Å². The minimum atomic E-state index is -0.297. The number of carbonyl (C=O) groups excluding carboxylic acids is 1. The summed E-state index contributed by atoms with van der Waals surface area (Å²) >= 11 is 13.7. The van der Waals surface area contributed by atoms with E-state index in [0.717, 1.165) is 48.0 Å². The molecule has 1 amide bonds. The Morgan fingerprint density at radius 3 is 2.59 bits per heavy atom. The fourth-order valence-electron chi connectivity index (χ4n) is 4.52. The number of para-hydroxylation sites is 1. The zero-order chi connectivity index (χ0) is 22.2. The summed E-state index contributed by atoms with van der Waals surface area (Å²) in [6, 6.07) is 10.7. The van der Waals surface area contributed by atoms with Crippen LogP contribution in [0, 0.1) is 11.7 Å². The molecule has 2 fully saturated rings. The predicted molar refractivity (Wildman–Crippen MR) is 130 cm³/mol. The molecule has 2 saturated heterocycles. The van der Waals surface area contributed by atoms with Crippen molar-refractivity contribution >= 4 is 61.5 Å². The van der Waals surface area contributed by atoms with Gasteiger partial charge in [-0.3, -0.25) is 4.79 Å². The highest BCUT2D eigenvalue weighted by Crippen LogP contribution is 2.33. The Labute approximate surface area is 200 Å². The number of rotatable bonds is 3. The maximum absolute atomic E-state index is 14.1. The van der Waals surface area contributed by atoms with Crippen LogP contribution in [0.2, 0.25) is 10.0 Å². The van der Waals surface area contributed by atoms with Crippen LogP contribution in [0.4, 0.5) is 15.2 Å². The van der Waals surface area contributed by atoms with Gasteiger partial charge < -0.3 is 14.7 Å². The number of hydrogen-bond donors (Lipinski definition) is 0. The van der Waals surface area contributed by atoms with E-state index in [1.807, 2.05) is 23.1 Å². The van der Waals surface area contributed by atoms with Crippen LogP contribution >= 0.6 is 34.5 Å². The largest absolute Gasteiger partial charge is 0.368 e. The Morgan fingerprint density at radius 1 is 1.03 bits per heavy atom. The summed E-state index contributed by atoms with van der Waals surface area (Å²) in [6.45, 7) is 4.36. The van der Waals surface area contributed by atoms with Crippen LogP contribution in [0.3, 0.4) is 0 Å². The van der Waals surface area contributed by atoms with Gasteiger partial charge in [-0.1, -0.05) is 40.6 Å². The lowest BCUT2D eigenvalue weighted by atomic mass is 9.96. The van der Waals surface area contributed by atoms with E-state index in [0.29, 0.717) is 35.2 Å². The van der Waals surface area contributed by atoms with Gasteiger partial charge in [-0.15, -0.1) is 0 Å². The molecule has 5 rings (SSSR count). The van der Waals surface area contributed by atoms with Crippen LogP contribution in [0.25, 0.3) is 10.2 Å². The number of benzene rings is 2. The summed E-state index contributed by atoms with van der Waals surface area (Å²) in [6.07, 6.45) is 1.81. The second-order valence-electron chi connectivity index (χ2n) is 8.28. The van der Waals surface area contributed by atoms with Crippen molar-refractivity contribution in [3.8, 4) is 0 Å². The van der Waals surface area contributed by atoms with Gasteiger partial charge in [-0.05, 0) is 43.2 Å². The quantitative estimate of drug-likeness (QED) is 0.496. The summed E-state index contributed by atoms with van der Waals surface area (Å²) < 4.78 is 14.9. The summed E-state index contributed by atoms with van der Waals surface area (Å²) in [5.74, 6) is -0.151. The number of anilines is 2. The zero-order valence-electron chi connectivity index (χ0n) is 17.4. The van der Waals surface area contributed by atoms with Crippen LogP contribution in [-0.4, -0.2) is 55.1 Å². The van der Waals surface area contributed by atoms with Gasteiger partial charge in [0.25, 0.3) is 0 Å². The van der Waals surface area contributed by atoms with Gasteiger partial charge in [-0.25, -0.2) is 9.37 Å². The van der Waals surface area contributed by atoms with Crippen molar-refractivity contribution in [3.63, 3.8) is 0 Å². The molecule has 0 N–H and O–H groups in total. The fourth-order valence-corrected chi connectivity index (χ4v) is 5.82. The number of halogens is 3.